The van der Waals surface area contributed by atoms with Crippen LogP contribution in [-0.2, 0) is 4.74 Å². The quantitative estimate of drug-likeness (QED) is 0.768. The molecule has 1 fully saturated rings. The lowest BCUT2D eigenvalue weighted by molar-refractivity contribution is 0.0599. The van der Waals surface area contributed by atoms with Gasteiger partial charge in [0.2, 0.25) is 0 Å². The second-order valence-corrected chi connectivity index (χ2v) is 4.18. The molecule has 0 unspecified atom stereocenters. The largest absolute Gasteiger partial charge is 0.465 e. The molecule has 2 heterocycles. The molecular weight excluding hydrogens is 220 g/mol. The van der Waals surface area contributed by atoms with Crippen molar-refractivity contribution in [3.63, 3.8) is 0 Å². The van der Waals surface area contributed by atoms with Crippen molar-refractivity contribution in [1.29, 1.82) is 0 Å². The molecule has 1 aliphatic heterocycles. The van der Waals surface area contributed by atoms with Crippen LogP contribution >= 0.6 is 0 Å². The Morgan fingerprint density at radius 2 is 2.35 bits per heavy atom. The molecule has 1 aromatic heterocycles. The van der Waals surface area contributed by atoms with Crippen LogP contribution in [0.25, 0.3) is 0 Å². The molecule has 2 rings (SSSR count). The summed E-state index contributed by atoms with van der Waals surface area (Å²) in [5, 5.41) is 9.47. The summed E-state index contributed by atoms with van der Waals surface area (Å²) in [5.74, 6) is 0.426. The number of rotatable bonds is 2. The van der Waals surface area contributed by atoms with Gasteiger partial charge in [-0.1, -0.05) is 0 Å². The lowest BCUT2D eigenvalue weighted by Crippen LogP contribution is -2.22. The zero-order chi connectivity index (χ0) is 12.4. The summed E-state index contributed by atoms with van der Waals surface area (Å²) in [6.45, 7) is 3.18. The lowest BCUT2D eigenvalue weighted by atomic mass is 10.2. The molecule has 0 spiro atoms. The van der Waals surface area contributed by atoms with E-state index in [2.05, 4.69) is 9.72 Å². The molecule has 5 heteroatoms. The number of aliphatic hydroxyl groups excluding tert-OH is 1. The number of nitrogens with zero attached hydrogens (tertiary/aromatic N) is 2. The van der Waals surface area contributed by atoms with Crippen LogP contribution < -0.4 is 4.90 Å². The van der Waals surface area contributed by atoms with Gasteiger partial charge in [-0.15, -0.1) is 0 Å². The van der Waals surface area contributed by atoms with E-state index in [0.29, 0.717) is 17.8 Å². The maximum absolute atomic E-state index is 11.4. The minimum atomic E-state index is -0.372. The number of aliphatic hydroxyl groups is 1. The van der Waals surface area contributed by atoms with Gasteiger partial charge in [0.1, 0.15) is 5.82 Å². The highest BCUT2D eigenvalue weighted by Crippen LogP contribution is 2.20. The highest BCUT2D eigenvalue weighted by atomic mass is 16.5. The van der Waals surface area contributed by atoms with Gasteiger partial charge in [0.15, 0.2) is 0 Å². The van der Waals surface area contributed by atoms with Crippen molar-refractivity contribution in [3.8, 4) is 0 Å². The van der Waals surface area contributed by atoms with E-state index in [1.807, 2.05) is 4.90 Å². The van der Waals surface area contributed by atoms with Crippen molar-refractivity contribution < 1.29 is 14.6 Å². The van der Waals surface area contributed by atoms with E-state index in [1.54, 1.807) is 19.1 Å². The number of β-amino-alcohol motifs (C(OH)–C–C–N with tert-alkyl or cyclic N) is 1. The van der Waals surface area contributed by atoms with Gasteiger partial charge in [-0.05, 0) is 25.5 Å². The van der Waals surface area contributed by atoms with Crippen molar-refractivity contribution in [1.82, 2.24) is 4.98 Å². The lowest BCUT2D eigenvalue weighted by Gasteiger charge is -2.17. The van der Waals surface area contributed by atoms with Crippen molar-refractivity contribution in [2.45, 2.75) is 19.4 Å². The number of hydrogen-bond donors (Lipinski definition) is 1. The molecule has 1 aromatic rings. The Bertz CT molecular complexity index is 434. The molecule has 92 valence electrons. The third kappa shape index (κ3) is 2.39. The summed E-state index contributed by atoms with van der Waals surface area (Å²) in [6, 6.07) is 3.51. The number of aryl methyl sites for hydroxylation is 1. The highest BCUT2D eigenvalue weighted by Gasteiger charge is 2.22. The SMILES string of the molecule is COC(=O)c1ccc(N2CC[C@H](O)C2)nc1C. The zero-order valence-corrected chi connectivity index (χ0v) is 10.0. The molecule has 1 saturated heterocycles. The van der Waals surface area contributed by atoms with Crippen LogP contribution in [-0.4, -0.2) is 42.4 Å². The maximum atomic E-state index is 11.4. The smallest absolute Gasteiger partial charge is 0.339 e. The van der Waals surface area contributed by atoms with E-state index in [4.69, 9.17) is 0 Å². The number of carbonyl (C=O) groups excluding carboxylic acids is 1. The van der Waals surface area contributed by atoms with Crippen molar-refractivity contribution in [2.24, 2.45) is 0 Å². The zero-order valence-electron chi connectivity index (χ0n) is 10.0. The van der Waals surface area contributed by atoms with Crippen LogP contribution in [0.4, 0.5) is 5.82 Å². The third-order valence-corrected chi connectivity index (χ3v) is 2.96. The maximum Gasteiger partial charge on any atom is 0.339 e. The van der Waals surface area contributed by atoms with E-state index in [9.17, 15) is 9.90 Å². The minimum Gasteiger partial charge on any atom is -0.465 e. The molecular formula is C12H16N2O3. The van der Waals surface area contributed by atoms with E-state index >= 15 is 0 Å². The Morgan fingerprint density at radius 1 is 1.59 bits per heavy atom. The van der Waals surface area contributed by atoms with Gasteiger partial charge in [0, 0.05) is 13.1 Å². The van der Waals surface area contributed by atoms with E-state index in [-0.39, 0.29) is 12.1 Å². The van der Waals surface area contributed by atoms with E-state index in [1.165, 1.54) is 7.11 Å². The minimum absolute atomic E-state index is 0.280. The summed E-state index contributed by atoms with van der Waals surface area (Å²) in [5.41, 5.74) is 1.13. The number of hydrogen-bond acceptors (Lipinski definition) is 5. The molecule has 0 aromatic carbocycles. The highest BCUT2D eigenvalue weighted by molar-refractivity contribution is 5.90. The Kier molecular flexibility index (Phi) is 3.28. The summed E-state index contributed by atoms with van der Waals surface area (Å²) >= 11 is 0. The predicted molar refractivity (Wildman–Crippen MR) is 63.2 cm³/mol. The number of carbonyl (C=O) groups is 1. The van der Waals surface area contributed by atoms with Gasteiger partial charge in [0.05, 0.1) is 24.5 Å². The number of methoxy groups -OCH3 is 1. The molecule has 0 radical (unpaired) electrons. The van der Waals surface area contributed by atoms with Gasteiger partial charge in [-0.3, -0.25) is 0 Å². The normalized spacial score (nSPS) is 19.5. The van der Waals surface area contributed by atoms with Crippen LogP contribution in [0, 0.1) is 6.92 Å². The molecule has 5 nitrogen and oxygen atoms in total. The summed E-state index contributed by atoms with van der Waals surface area (Å²) in [6.07, 6.45) is 0.483. The second kappa shape index (κ2) is 4.71. The second-order valence-electron chi connectivity index (χ2n) is 4.18. The summed E-state index contributed by atoms with van der Waals surface area (Å²) in [7, 11) is 1.35. The molecule has 0 saturated carbocycles. The summed E-state index contributed by atoms with van der Waals surface area (Å²) in [4.78, 5) is 17.8. The monoisotopic (exact) mass is 236 g/mol. The first kappa shape index (κ1) is 11.9. The molecule has 0 bridgehead atoms. The van der Waals surface area contributed by atoms with Crippen molar-refractivity contribution >= 4 is 11.8 Å². The molecule has 0 aliphatic carbocycles. The molecule has 0 amide bonds. The predicted octanol–water partition coefficient (Wildman–Crippen LogP) is 0.748. The van der Waals surface area contributed by atoms with Crippen LogP contribution in [0.3, 0.4) is 0 Å². The first-order valence-electron chi connectivity index (χ1n) is 5.61. The molecule has 1 atom stereocenters. The average molecular weight is 236 g/mol. The van der Waals surface area contributed by atoms with Crippen LogP contribution in [0.15, 0.2) is 12.1 Å². The first-order chi connectivity index (χ1) is 8.11. The molecule has 17 heavy (non-hydrogen) atoms. The number of anilines is 1. The number of aromatic nitrogens is 1. The molecule has 1 aliphatic rings. The Labute approximate surface area is 100 Å². The van der Waals surface area contributed by atoms with E-state index in [0.717, 1.165) is 18.8 Å². The van der Waals surface area contributed by atoms with Gasteiger partial charge < -0.3 is 14.7 Å². The topological polar surface area (TPSA) is 62.7 Å². The van der Waals surface area contributed by atoms with Crippen molar-refractivity contribution in [2.75, 3.05) is 25.1 Å². The van der Waals surface area contributed by atoms with E-state index < -0.39 is 0 Å². The average Bonchev–Trinajstić information content (AvgIpc) is 2.75. The van der Waals surface area contributed by atoms with Gasteiger partial charge in [-0.2, -0.15) is 0 Å². The van der Waals surface area contributed by atoms with Crippen LogP contribution in [0.2, 0.25) is 0 Å². The number of pyridine rings is 1. The Balaban J connectivity index is 2.22. The fourth-order valence-electron chi connectivity index (χ4n) is 2.00. The Hall–Kier alpha value is -1.62. The number of ether oxygens (including phenoxy) is 1. The third-order valence-electron chi connectivity index (χ3n) is 2.96. The van der Waals surface area contributed by atoms with Crippen molar-refractivity contribution in [3.05, 3.63) is 23.4 Å². The fourth-order valence-corrected chi connectivity index (χ4v) is 2.00. The van der Waals surface area contributed by atoms with Gasteiger partial charge >= 0.3 is 5.97 Å². The number of esters is 1. The summed E-state index contributed by atoms with van der Waals surface area (Å²) < 4.78 is 4.67. The standard InChI is InChI=1S/C12H16N2O3/c1-8-10(12(16)17-2)3-4-11(13-8)14-6-5-9(15)7-14/h3-4,9,15H,5-7H2,1-2H3/t9-/m0/s1. The van der Waals surface area contributed by atoms with Gasteiger partial charge in [0.25, 0.3) is 0 Å². The Morgan fingerprint density at radius 3 is 2.88 bits per heavy atom. The van der Waals surface area contributed by atoms with Crippen LogP contribution in [0.5, 0.6) is 0 Å². The first-order valence-corrected chi connectivity index (χ1v) is 5.61. The van der Waals surface area contributed by atoms with Gasteiger partial charge in [-0.25, -0.2) is 9.78 Å². The molecule has 1 N–H and O–H groups in total. The fraction of sp³-hybridized carbons (Fsp3) is 0.500. The van der Waals surface area contributed by atoms with Crippen LogP contribution in [0.1, 0.15) is 22.5 Å².